The summed E-state index contributed by atoms with van der Waals surface area (Å²) in [4.78, 5) is 2.81. The highest BCUT2D eigenvalue weighted by Crippen LogP contribution is 2.45. The number of alkyl halides is 3. The third-order valence-corrected chi connectivity index (χ3v) is 6.41. The lowest BCUT2D eigenvalue weighted by atomic mass is 9.74. The monoisotopic (exact) mass is 406 g/mol. The van der Waals surface area contributed by atoms with E-state index in [0.717, 1.165) is 76.8 Å². The van der Waals surface area contributed by atoms with Gasteiger partial charge in [0.05, 0.1) is 4.90 Å². The summed E-state index contributed by atoms with van der Waals surface area (Å²) in [6.07, 6.45) is -2.54. The lowest BCUT2D eigenvalue weighted by Gasteiger charge is -2.60. The molecule has 0 aromatic heterocycles. The summed E-state index contributed by atoms with van der Waals surface area (Å²) in [7, 11) is 0. The SMILES string of the molecule is Fc1cc(OC(F)(F)F)ccc1SN1CC2(CN(CC3CCOCC3)C2)C1. The van der Waals surface area contributed by atoms with Gasteiger partial charge in [-0.25, -0.2) is 8.70 Å². The molecule has 27 heavy (non-hydrogen) atoms. The topological polar surface area (TPSA) is 24.9 Å². The van der Waals surface area contributed by atoms with Crippen molar-refractivity contribution in [1.82, 2.24) is 9.21 Å². The molecular formula is C18H22F4N2O2S. The molecule has 3 fully saturated rings. The number of likely N-dealkylation sites (tertiary alicyclic amines) is 1. The van der Waals surface area contributed by atoms with E-state index in [1.54, 1.807) is 0 Å². The molecule has 0 amide bonds. The summed E-state index contributed by atoms with van der Waals surface area (Å²) < 4.78 is 61.8. The Morgan fingerprint density at radius 3 is 2.48 bits per heavy atom. The van der Waals surface area contributed by atoms with Crippen molar-refractivity contribution in [2.45, 2.75) is 24.1 Å². The summed E-state index contributed by atoms with van der Waals surface area (Å²) in [6.45, 7) is 6.77. The molecule has 3 heterocycles. The Hall–Kier alpha value is -1.03. The van der Waals surface area contributed by atoms with Crippen LogP contribution in [0.25, 0.3) is 0 Å². The van der Waals surface area contributed by atoms with Crippen molar-refractivity contribution in [2.75, 3.05) is 45.9 Å². The second-order valence-electron chi connectivity index (χ2n) is 7.75. The van der Waals surface area contributed by atoms with Crippen molar-refractivity contribution < 1.29 is 27.0 Å². The Morgan fingerprint density at radius 2 is 1.85 bits per heavy atom. The number of rotatable bonds is 5. The minimum atomic E-state index is -4.81. The van der Waals surface area contributed by atoms with Crippen molar-refractivity contribution in [1.29, 1.82) is 0 Å². The molecule has 1 aromatic rings. The van der Waals surface area contributed by atoms with Crippen LogP contribution in [0.15, 0.2) is 23.1 Å². The third kappa shape index (κ3) is 4.70. The second kappa shape index (κ2) is 7.42. The molecule has 4 rings (SSSR count). The lowest BCUT2D eigenvalue weighted by molar-refractivity contribution is -0.274. The van der Waals surface area contributed by atoms with E-state index < -0.39 is 17.9 Å². The highest BCUT2D eigenvalue weighted by molar-refractivity contribution is 7.97. The van der Waals surface area contributed by atoms with Gasteiger partial charge in [0, 0.05) is 57.4 Å². The minimum Gasteiger partial charge on any atom is -0.406 e. The van der Waals surface area contributed by atoms with Gasteiger partial charge in [-0.05, 0) is 42.8 Å². The van der Waals surface area contributed by atoms with Gasteiger partial charge in [0.15, 0.2) is 0 Å². The predicted octanol–water partition coefficient (Wildman–Crippen LogP) is 3.78. The molecule has 3 aliphatic rings. The van der Waals surface area contributed by atoms with Crippen molar-refractivity contribution in [3.8, 4) is 5.75 Å². The number of hydrogen-bond donors (Lipinski definition) is 0. The summed E-state index contributed by atoms with van der Waals surface area (Å²) >= 11 is 1.26. The fourth-order valence-electron chi connectivity index (χ4n) is 4.18. The number of nitrogens with zero attached hydrogens (tertiary/aromatic N) is 2. The molecule has 0 bridgehead atoms. The van der Waals surface area contributed by atoms with Gasteiger partial charge in [-0.2, -0.15) is 0 Å². The van der Waals surface area contributed by atoms with Crippen molar-refractivity contribution in [3.63, 3.8) is 0 Å². The van der Waals surface area contributed by atoms with Gasteiger partial charge in [0.1, 0.15) is 11.6 Å². The summed E-state index contributed by atoms with van der Waals surface area (Å²) in [5.74, 6) is -0.502. The van der Waals surface area contributed by atoms with Crippen molar-refractivity contribution in [3.05, 3.63) is 24.0 Å². The molecule has 0 unspecified atom stereocenters. The molecular weight excluding hydrogens is 384 g/mol. The average Bonchev–Trinajstić information content (AvgIpc) is 2.52. The Labute approximate surface area is 159 Å². The first-order valence-corrected chi connectivity index (χ1v) is 9.86. The number of hydrogen-bond acceptors (Lipinski definition) is 5. The molecule has 9 heteroatoms. The molecule has 0 radical (unpaired) electrons. The Morgan fingerprint density at radius 1 is 1.15 bits per heavy atom. The van der Waals surface area contributed by atoms with E-state index in [9.17, 15) is 17.6 Å². The quantitative estimate of drug-likeness (QED) is 0.548. The van der Waals surface area contributed by atoms with Crippen molar-refractivity contribution in [2.24, 2.45) is 11.3 Å². The van der Waals surface area contributed by atoms with Crippen LogP contribution >= 0.6 is 11.9 Å². The lowest BCUT2D eigenvalue weighted by Crippen LogP contribution is -2.70. The van der Waals surface area contributed by atoms with Crippen LogP contribution in [0.2, 0.25) is 0 Å². The summed E-state index contributed by atoms with van der Waals surface area (Å²) in [5, 5.41) is 0. The Bertz CT molecular complexity index is 668. The van der Waals surface area contributed by atoms with E-state index in [0.29, 0.717) is 10.3 Å². The molecule has 0 aliphatic carbocycles. The van der Waals surface area contributed by atoms with Crippen LogP contribution in [0.3, 0.4) is 0 Å². The van der Waals surface area contributed by atoms with E-state index in [-0.39, 0.29) is 0 Å². The van der Waals surface area contributed by atoms with Gasteiger partial charge in [0.25, 0.3) is 0 Å². The van der Waals surface area contributed by atoms with Crippen LogP contribution in [0.5, 0.6) is 5.75 Å². The highest BCUT2D eigenvalue weighted by Gasteiger charge is 2.52. The number of ether oxygens (including phenoxy) is 2. The molecule has 0 saturated carbocycles. The molecule has 0 atom stereocenters. The van der Waals surface area contributed by atoms with E-state index in [4.69, 9.17) is 4.74 Å². The van der Waals surface area contributed by atoms with Crippen LogP contribution in [0.1, 0.15) is 12.8 Å². The first-order valence-electron chi connectivity index (χ1n) is 9.09. The van der Waals surface area contributed by atoms with E-state index in [1.807, 2.05) is 0 Å². The summed E-state index contributed by atoms with van der Waals surface area (Å²) in [6, 6.07) is 3.27. The Kier molecular flexibility index (Phi) is 5.30. The van der Waals surface area contributed by atoms with Gasteiger partial charge in [0.2, 0.25) is 0 Å². The van der Waals surface area contributed by atoms with Crippen molar-refractivity contribution >= 4 is 11.9 Å². The van der Waals surface area contributed by atoms with Gasteiger partial charge in [-0.15, -0.1) is 13.2 Å². The average molecular weight is 406 g/mol. The zero-order valence-electron chi connectivity index (χ0n) is 14.8. The number of benzene rings is 1. The molecule has 3 aliphatic heterocycles. The molecule has 4 nitrogen and oxygen atoms in total. The molecule has 150 valence electrons. The zero-order chi connectivity index (χ0) is 19.1. The normalized spacial score (nSPS) is 23.9. The van der Waals surface area contributed by atoms with Crippen LogP contribution in [-0.4, -0.2) is 61.5 Å². The first-order chi connectivity index (χ1) is 12.8. The summed E-state index contributed by atoms with van der Waals surface area (Å²) in [5.41, 5.74) is 0.300. The number of halogens is 4. The molecule has 1 aromatic carbocycles. The molecule has 1 spiro atoms. The van der Waals surface area contributed by atoms with E-state index >= 15 is 0 Å². The molecule has 0 N–H and O–H groups in total. The van der Waals surface area contributed by atoms with Crippen LogP contribution < -0.4 is 4.74 Å². The first kappa shape index (κ1) is 19.3. The van der Waals surface area contributed by atoms with Gasteiger partial charge >= 0.3 is 6.36 Å². The maximum atomic E-state index is 14.0. The van der Waals surface area contributed by atoms with E-state index in [2.05, 4.69) is 13.9 Å². The molecule has 3 saturated heterocycles. The van der Waals surface area contributed by atoms with Gasteiger partial charge in [-0.3, -0.25) is 0 Å². The second-order valence-corrected chi connectivity index (χ2v) is 8.89. The fourth-order valence-corrected chi connectivity index (χ4v) is 5.41. The van der Waals surface area contributed by atoms with Crippen LogP contribution in [0, 0.1) is 17.2 Å². The van der Waals surface area contributed by atoms with Gasteiger partial charge in [-0.1, -0.05) is 0 Å². The third-order valence-electron chi connectivity index (χ3n) is 5.36. The minimum absolute atomic E-state index is 0.300. The standard InChI is InChI=1S/C18H22F4N2O2S/c19-15-7-14(26-18(20,21)22)1-2-16(15)27-24-11-17(12-24)9-23(10-17)8-13-3-5-25-6-4-13/h1-2,7,13H,3-6,8-12H2. The largest absolute Gasteiger partial charge is 0.573 e. The van der Waals surface area contributed by atoms with Gasteiger partial charge < -0.3 is 14.4 Å². The Balaban J connectivity index is 1.22. The highest BCUT2D eigenvalue weighted by atomic mass is 32.2. The maximum absolute atomic E-state index is 14.0. The van der Waals surface area contributed by atoms with Crippen LogP contribution in [0.4, 0.5) is 17.6 Å². The fraction of sp³-hybridized carbons (Fsp3) is 0.667. The van der Waals surface area contributed by atoms with E-state index in [1.165, 1.54) is 18.0 Å². The smallest absolute Gasteiger partial charge is 0.406 e. The van der Waals surface area contributed by atoms with Crippen LogP contribution in [-0.2, 0) is 4.74 Å². The predicted molar refractivity (Wildman–Crippen MR) is 92.9 cm³/mol. The maximum Gasteiger partial charge on any atom is 0.573 e. The zero-order valence-corrected chi connectivity index (χ0v) is 15.6.